The summed E-state index contributed by atoms with van der Waals surface area (Å²) in [5, 5.41) is 2.79. The molecule has 0 aromatic heterocycles. The lowest BCUT2D eigenvalue weighted by atomic mass is 9.74. The summed E-state index contributed by atoms with van der Waals surface area (Å²) >= 11 is 0. The van der Waals surface area contributed by atoms with E-state index in [1.165, 1.54) is 18.5 Å². The normalized spacial score (nSPS) is 19.7. The number of rotatable bonds is 4. The van der Waals surface area contributed by atoms with Crippen molar-refractivity contribution in [2.75, 3.05) is 26.7 Å². The maximum absolute atomic E-state index is 12.3. The van der Waals surface area contributed by atoms with Gasteiger partial charge in [0, 0.05) is 18.0 Å². The molecule has 23 heavy (non-hydrogen) atoms. The molecule has 3 heteroatoms. The summed E-state index contributed by atoms with van der Waals surface area (Å²) in [4.78, 5) is 14.8. The molecule has 2 aliphatic rings. The second-order valence-electron chi connectivity index (χ2n) is 7.36. The van der Waals surface area contributed by atoms with Crippen LogP contribution in [0.1, 0.15) is 44.2 Å². The van der Waals surface area contributed by atoms with Crippen LogP contribution in [0.5, 0.6) is 0 Å². The van der Waals surface area contributed by atoms with Gasteiger partial charge in [-0.1, -0.05) is 44.2 Å². The lowest BCUT2D eigenvalue weighted by molar-refractivity contribution is -0.115. The van der Waals surface area contributed by atoms with Crippen molar-refractivity contribution in [1.29, 1.82) is 0 Å². The molecule has 1 saturated heterocycles. The van der Waals surface area contributed by atoms with Gasteiger partial charge >= 0.3 is 0 Å². The second kappa shape index (κ2) is 6.48. The fraction of sp³-hybridized carbons (Fsp3) is 0.550. The van der Waals surface area contributed by atoms with Crippen molar-refractivity contribution < 1.29 is 4.79 Å². The fourth-order valence-electron chi connectivity index (χ4n) is 3.94. The van der Waals surface area contributed by atoms with Crippen molar-refractivity contribution in [1.82, 2.24) is 10.2 Å². The standard InChI is InChI=1S/C20H28N2O/c1-15(2)8-11-22-12-9-20(10-13-22)14-17(19(23)21-3)16-6-4-5-7-18(16)20/h4-7,14-15H,8-13H2,1-3H3,(H,21,23). The van der Waals surface area contributed by atoms with Crippen LogP contribution in [0.2, 0.25) is 0 Å². The van der Waals surface area contributed by atoms with Crippen LogP contribution in [-0.4, -0.2) is 37.5 Å². The van der Waals surface area contributed by atoms with E-state index in [9.17, 15) is 4.79 Å². The maximum Gasteiger partial charge on any atom is 0.251 e. The zero-order valence-corrected chi connectivity index (χ0v) is 14.6. The van der Waals surface area contributed by atoms with Crippen molar-refractivity contribution in [3.05, 3.63) is 41.5 Å². The Bertz CT molecular complexity index is 610. The Labute approximate surface area is 139 Å². The van der Waals surface area contributed by atoms with Gasteiger partial charge in [-0.25, -0.2) is 0 Å². The number of hydrogen-bond acceptors (Lipinski definition) is 2. The zero-order valence-electron chi connectivity index (χ0n) is 14.6. The van der Waals surface area contributed by atoms with E-state index < -0.39 is 0 Å². The van der Waals surface area contributed by atoms with Gasteiger partial charge in [0.1, 0.15) is 0 Å². The summed E-state index contributed by atoms with van der Waals surface area (Å²) in [7, 11) is 1.71. The van der Waals surface area contributed by atoms with Crippen molar-refractivity contribution in [2.45, 2.75) is 38.5 Å². The van der Waals surface area contributed by atoms with Crippen molar-refractivity contribution in [3.63, 3.8) is 0 Å². The van der Waals surface area contributed by atoms with E-state index in [0.29, 0.717) is 0 Å². The number of carbonyl (C=O) groups is 1. The molecule has 0 bridgehead atoms. The average molecular weight is 312 g/mol. The molecule has 1 aliphatic heterocycles. The van der Waals surface area contributed by atoms with Gasteiger partial charge in [-0.2, -0.15) is 0 Å². The summed E-state index contributed by atoms with van der Waals surface area (Å²) in [5.41, 5.74) is 3.40. The van der Waals surface area contributed by atoms with Gasteiger partial charge in [0.05, 0.1) is 0 Å². The summed E-state index contributed by atoms with van der Waals surface area (Å²) < 4.78 is 0. The predicted octanol–water partition coefficient (Wildman–Crippen LogP) is 3.21. The number of likely N-dealkylation sites (N-methyl/N-ethyl adjacent to an activating group) is 1. The van der Waals surface area contributed by atoms with E-state index >= 15 is 0 Å². The van der Waals surface area contributed by atoms with Crippen molar-refractivity contribution in [2.24, 2.45) is 5.92 Å². The molecule has 3 rings (SSSR count). The molecule has 1 heterocycles. The second-order valence-corrected chi connectivity index (χ2v) is 7.36. The molecular weight excluding hydrogens is 284 g/mol. The molecule has 0 saturated carbocycles. The van der Waals surface area contributed by atoms with Crippen LogP contribution < -0.4 is 5.32 Å². The zero-order chi connectivity index (χ0) is 16.4. The molecule has 1 fully saturated rings. The number of fused-ring (bicyclic) bond motifs is 2. The van der Waals surface area contributed by atoms with Gasteiger partial charge in [-0.3, -0.25) is 4.79 Å². The van der Waals surface area contributed by atoms with Crippen LogP contribution in [-0.2, 0) is 10.2 Å². The summed E-state index contributed by atoms with van der Waals surface area (Å²) in [6.45, 7) is 8.02. The average Bonchev–Trinajstić information content (AvgIpc) is 2.89. The lowest BCUT2D eigenvalue weighted by Crippen LogP contribution is -2.41. The molecule has 0 radical (unpaired) electrons. The van der Waals surface area contributed by atoms with E-state index in [1.54, 1.807) is 7.05 Å². The minimum absolute atomic E-state index is 0.0385. The van der Waals surface area contributed by atoms with Gasteiger partial charge in [0.15, 0.2) is 0 Å². The number of piperidine rings is 1. The third kappa shape index (κ3) is 3.07. The van der Waals surface area contributed by atoms with Crippen molar-refractivity contribution in [3.8, 4) is 0 Å². The van der Waals surface area contributed by atoms with E-state index in [2.05, 4.69) is 48.3 Å². The number of nitrogens with one attached hydrogen (secondary N) is 1. The smallest absolute Gasteiger partial charge is 0.251 e. The number of hydrogen-bond donors (Lipinski definition) is 1. The molecule has 1 aromatic carbocycles. The third-order valence-electron chi connectivity index (χ3n) is 5.42. The first-order valence-corrected chi connectivity index (χ1v) is 8.83. The summed E-state index contributed by atoms with van der Waals surface area (Å²) in [6.07, 6.45) is 5.74. The van der Waals surface area contributed by atoms with E-state index in [0.717, 1.165) is 43.0 Å². The van der Waals surface area contributed by atoms with E-state index in [-0.39, 0.29) is 11.3 Å². The SMILES string of the molecule is CNC(=O)C1=CC2(CCN(CCC(C)C)CC2)c2ccccc21. The van der Waals surface area contributed by atoms with Crippen molar-refractivity contribution >= 4 is 11.5 Å². The number of benzene rings is 1. The van der Waals surface area contributed by atoms with Gasteiger partial charge in [-0.15, -0.1) is 0 Å². The first-order chi connectivity index (χ1) is 11.1. The first-order valence-electron chi connectivity index (χ1n) is 8.83. The maximum atomic E-state index is 12.3. The highest BCUT2D eigenvalue weighted by atomic mass is 16.1. The summed E-state index contributed by atoms with van der Waals surface area (Å²) in [6, 6.07) is 8.45. The topological polar surface area (TPSA) is 32.3 Å². The Kier molecular flexibility index (Phi) is 4.58. The Morgan fingerprint density at radius 2 is 1.96 bits per heavy atom. The highest BCUT2D eigenvalue weighted by Gasteiger charge is 2.41. The molecule has 0 atom stereocenters. The van der Waals surface area contributed by atoms with Gasteiger partial charge in [0.25, 0.3) is 5.91 Å². The molecule has 0 unspecified atom stereocenters. The van der Waals surface area contributed by atoms with Crippen LogP contribution in [0, 0.1) is 5.92 Å². The molecule has 1 N–H and O–H groups in total. The Hall–Kier alpha value is -1.61. The highest BCUT2D eigenvalue weighted by molar-refractivity contribution is 6.21. The molecular formula is C20H28N2O. The summed E-state index contributed by atoms with van der Waals surface area (Å²) in [5.74, 6) is 0.800. The molecule has 1 aliphatic carbocycles. The van der Waals surface area contributed by atoms with Gasteiger partial charge < -0.3 is 10.2 Å². The molecule has 124 valence electrons. The van der Waals surface area contributed by atoms with Gasteiger partial charge in [0.2, 0.25) is 0 Å². The van der Waals surface area contributed by atoms with E-state index in [1.807, 2.05) is 6.07 Å². The van der Waals surface area contributed by atoms with Crippen LogP contribution in [0.25, 0.3) is 5.57 Å². The Balaban J connectivity index is 1.80. The minimum Gasteiger partial charge on any atom is -0.355 e. The number of carbonyl (C=O) groups excluding carboxylic acids is 1. The minimum atomic E-state index is 0.0385. The van der Waals surface area contributed by atoms with Crippen LogP contribution in [0.15, 0.2) is 30.3 Å². The predicted molar refractivity (Wildman–Crippen MR) is 95.3 cm³/mol. The van der Waals surface area contributed by atoms with Gasteiger partial charge in [-0.05, 0) is 55.9 Å². The molecule has 1 amide bonds. The monoisotopic (exact) mass is 312 g/mol. The lowest BCUT2D eigenvalue weighted by Gasteiger charge is -2.39. The van der Waals surface area contributed by atoms with E-state index in [4.69, 9.17) is 0 Å². The molecule has 3 nitrogen and oxygen atoms in total. The molecule has 1 spiro atoms. The van der Waals surface area contributed by atoms with Crippen LogP contribution >= 0.6 is 0 Å². The first kappa shape index (κ1) is 16.3. The number of likely N-dealkylation sites (tertiary alicyclic amines) is 1. The quantitative estimate of drug-likeness (QED) is 0.926. The van der Waals surface area contributed by atoms with Crippen LogP contribution in [0.3, 0.4) is 0 Å². The largest absolute Gasteiger partial charge is 0.355 e. The molecule has 1 aromatic rings. The number of amides is 1. The highest BCUT2D eigenvalue weighted by Crippen LogP contribution is 2.47. The number of nitrogens with zero attached hydrogens (tertiary/aromatic N) is 1. The third-order valence-corrected chi connectivity index (χ3v) is 5.42. The Morgan fingerprint density at radius 3 is 2.61 bits per heavy atom. The Morgan fingerprint density at radius 1 is 1.26 bits per heavy atom. The number of allylic oxidation sites excluding steroid dienone is 1. The van der Waals surface area contributed by atoms with Crippen LogP contribution in [0.4, 0.5) is 0 Å². The fourth-order valence-corrected chi connectivity index (χ4v) is 3.94.